The Labute approximate surface area is 193 Å². The summed E-state index contributed by atoms with van der Waals surface area (Å²) < 4.78 is 31.7. The first kappa shape index (κ1) is 23.3. The molecule has 1 aliphatic carbocycles. The number of pyridine rings is 1. The standard InChI is InChI=1S/C23H21N3O.C2HF3O2/c27-23-19-14-22(26-20(19)9-11-25-23)18-8-10-24-21(13-18)17-7-3-6-15-4-1-2-5-16(15)12-17;3-2(4,5)1(6)7/h1-2,4-5,8,10,12-14,26H,3,6-7,9,11H2,(H,25,27);(H,6,7). The summed E-state index contributed by atoms with van der Waals surface area (Å²) in [5.41, 5.74) is 8.83. The van der Waals surface area contributed by atoms with E-state index in [-0.39, 0.29) is 5.91 Å². The summed E-state index contributed by atoms with van der Waals surface area (Å²) in [7, 11) is 0. The second kappa shape index (κ2) is 9.54. The molecule has 0 saturated heterocycles. The summed E-state index contributed by atoms with van der Waals surface area (Å²) in [5, 5.41) is 10.0. The average molecular weight is 469 g/mol. The summed E-state index contributed by atoms with van der Waals surface area (Å²) in [6.45, 7) is 0.694. The van der Waals surface area contributed by atoms with Gasteiger partial charge in [0, 0.05) is 36.1 Å². The van der Waals surface area contributed by atoms with Gasteiger partial charge in [-0.05, 0) is 60.2 Å². The van der Waals surface area contributed by atoms with Crippen molar-refractivity contribution in [2.24, 2.45) is 0 Å². The van der Waals surface area contributed by atoms with Crippen LogP contribution in [0.2, 0.25) is 0 Å². The van der Waals surface area contributed by atoms with Gasteiger partial charge < -0.3 is 15.4 Å². The molecule has 3 aromatic rings. The molecule has 0 spiro atoms. The van der Waals surface area contributed by atoms with Gasteiger partial charge in [0.2, 0.25) is 0 Å². The lowest BCUT2D eigenvalue weighted by Crippen LogP contribution is -2.31. The topological polar surface area (TPSA) is 95.1 Å². The number of H-pyrrole nitrogens is 1. The molecule has 0 saturated carbocycles. The highest BCUT2D eigenvalue weighted by Gasteiger charge is 2.38. The van der Waals surface area contributed by atoms with Crippen molar-refractivity contribution in [3.05, 3.63) is 76.7 Å². The van der Waals surface area contributed by atoms with E-state index in [0.717, 1.165) is 53.9 Å². The van der Waals surface area contributed by atoms with Crippen molar-refractivity contribution in [3.8, 4) is 11.3 Å². The van der Waals surface area contributed by atoms with Crippen LogP contribution in [0.25, 0.3) is 22.9 Å². The molecule has 0 atom stereocenters. The van der Waals surface area contributed by atoms with Crippen LogP contribution in [0.5, 0.6) is 0 Å². The number of fused-ring (bicyclic) bond motifs is 2. The van der Waals surface area contributed by atoms with Gasteiger partial charge in [0.15, 0.2) is 0 Å². The Bertz CT molecular complexity index is 1260. The smallest absolute Gasteiger partial charge is 0.475 e. The van der Waals surface area contributed by atoms with Crippen molar-refractivity contribution in [3.63, 3.8) is 0 Å². The normalized spacial score (nSPS) is 15.0. The number of alkyl halides is 3. The predicted octanol–water partition coefficient (Wildman–Crippen LogP) is 4.87. The maximum Gasteiger partial charge on any atom is 0.490 e. The number of rotatable bonds is 2. The van der Waals surface area contributed by atoms with E-state index in [9.17, 15) is 18.0 Å². The number of allylic oxidation sites excluding steroid dienone is 1. The maximum atomic E-state index is 12.0. The molecule has 0 bridgehead atoms. The first-order chi connectivity index (χ1) is 16.2. The Balaban J connectivity index is 0.000000344. The van der Waals surface area contributed by atoms with Crippen molar-refractivity contribution >= 4 is 23.5 Å². The summed E-state index contributed by atoms with van der Waals surface area (Å²) >= 11 is 0. The number of nitrogens with zero attached hydrogens (tertiary/aromatic N) is 1. The van der Waals surface area contributed by atoms with E-state index in [0.29, 0.717) is 6.54 Å². The largest absolute Gasteiger partial charge is 0.490 e. The number of carboxylic acid groups (broad SMARTS) is 1. The molecular formula is C25H22F3N3O3. The Morgan fingerprint density at radius 1 is 1.06 bits per heavy atom. The fraction of sp³-hybridized carbons (Fsp3) is 0.240. The predicted molar refractivity (Wildman–Crippen MR) is 121 cm³/mol. The quantitative estimate of drug-likeness (QED) is 0.499. The van der Waals surface area contributed by atoms with E-state index in [1.165, 1.54) is 16.7 Å². The Morgan fingerprint density at radius 3 is 2.56 bits per heavy atom. The van der Waals surface area contributed by atoms with Crippen molar-refractivity contribution in [1.82, 2.24) is 15.3 Å². The molecule has 2 aliphatic rings. The Kier molecular flexibility index (Phi) is 6.54. The number of hydrogen-bond donors (Lipinski definition) is 3. The van der Waals surface area contributed by atoms with Crippen molar-refractivity contribution < 1.29 is 27.9 Å². The van der Waals surface area contributed by atoms with Crippen LogP contribution >= 0.6 is 0 Å². The van der Waals surface area contributed by atoms with E-state index < -0.39 is 12.1 Å². The molecule has 176 valence electrons. The number of amides is 1. The summed E-state index contributed by atoms with van der Waals surface area (Å²) in [5.74, 6) is -2.75. The molecular weight excluding hydrogens is 447 g/mol. The van der Waals surface area contributed by atoms with Gasteiger partial charge in [-0.2, -0.15) is 13.2 Å². The van der Waals surface area contributed by atoms with Gasteiger partial charge >= 0.3 is 12.1 Å². The number of carbonyl (C=O) groups is 2. The molecule has 3 heterocycles. The molecule has 5 rings (SSSR count). The zero-order chi connectivity index (χ0) is 24.3. The molecule has 6 nitrogen and oxygen atoms in total. The van der Waals surface area contributed by atoms with Crippen LogP contribution in [0, 0.1) is 0 Å². The van der Waals surface area contributed by atoms with Crippen LogP contribution in [0.4, 0.5) is 13.2 Å². The van der Waals surface area contributed by atoms with E-state index in [2.05, 4.69) is 51.7 Å². The molecule has 1 aromatic carbocycles. The van der Waals surface area contributed by atoms with Crippen LogP contribution in [0.3, 0.4) is 0 Å². The van der Waals surface area contributed by atoms with Crippen LogP contribution in [-0.4, -0.2) is 39.7 Å². The lowest BCUT2D eigenvalue weighted by molar-refractivity contribution is -0.192. The van der Waals surface area contributed by atoms with Gasteiger partial charge in [-0.1, -0.05) is 24.3 Å². The lowest BCUT2D eigenvalue weighted by Gasteiger charge is -2.11. The fourth-order valence-corrected chi connectivity index (χ4v) is 4.06. The summed E-state index contributed by atoms with van der Waals surface area (Å²) in [6.07, 6.45) is 3.17. The number of hydrogen-bond acceptors (Lipinski definition) is 3. The third-order valence-electron chi connectivity index (χ3n) is 5.72. The number of halogens is 3. The molecule has 3 N–H and O–H groups in total. The molecule has 0 unspecified atom stereocenters. The zero-order valence-corrected chi connectivity index (χ0v) is 18.1. The number of benzene rings is 1. The minimum absolute atomic E-state index is 0.0103. The fourth-order valence-electron chi connectivity index (χ4n) is 4.06. The highest BCUT2D eigenvalue weighted by Crippen LogP contribution is 2.31. The van der Waals surface area contributed by atoms with Crippen molar-refractivity contribution in [2.45, 2.75) is 31.9 Å². The summed E-state index contributed by atoms with van der Waals surface area (Å²) in [6, 6.07) is 14.7. The molecule has 2 aromatic heterocycles. The summed E-state index contributed by atoms with van der Waals surface area (Å²) in [4.78, 5) is 29.0. The lowest BCUT2D eigenvalue weighted by atomic mass is 10.0. The van der Waals surface area contributed by atoms with Gasteiger partial charge in [0.05, 0.1) is 11.3 Å². The Hall–Kier alpha value is -3.88. The van der Waals surface area contributed by atoms with Crippen LogP contribution < -0.4 is 5.32 Å². The Morgan fingerprint density at radius 2 is 1.82 bits per heavy atom. The first-order valence-electron chi connectivity index (χ1n) is 10.8. The zero-order valence-electron chi connectivity index (χ0n) is 18.1. The second-order valence-corrected chi connectivity index (χ2v) is 8.04. The van der Waals surface area contributed by atoms with E-state index >= 15 is 0 Å². The molecule has 1 aliphatic heterocycles. The number of aromatic amines is 1. The third kappa shape index (κ3) is 5.19. The number of nitrogens with one attached hydrogen (secondary N) is 2. The molecule has 9 heteroatoms. The van der Waals surface area contributed by atoms with Gasteiger partial charge in [-0.25, -0.2) is 4.79 Å². The van der Waals surface area contributed by atoms with Gasteiger partial charge in [-0.3, -0.25) is 9.78 Å². The third-order valence-corrected chi connectivity index (χ3v) is 5.72. The monoisotopic (exact) mass is 469 g/mol. The number of carbonyl (C=O) groups excluding carboxylic acids is 1. The molecule has 1 amide bonds. The van der Waals surface area contributed by atoms with Crippen LogP contribution in [-0.2, 0) is 17.6 Å². The number of aryl methyl sites for hydroxylation is 1. The number of aliphatic carboxylic acids is 1. The van der Waals surface area contributed by atoms with E-state index in [4.69, 9.17) is 9.90 Å². The van der Waals surface area contributed by atoms with E-state index in [1.54, 1.807) is 0 Å². The average Bonchev–Trinajstić information content (AvgIpc) is 3.13. The van der Waals surface area contributed by atoms with Gasteiger partial charge in [0.25, 0.3) is 5.91 Å². The highest BCUT2D eigenvalue weighted by atomic mass is 19.4. The SMILES string of the molecule is O=C(O)C(F)(F)F.O=C1NCCc2[nH]c(-c3ccnc(C4=Cc5ccccc5CCC4)c3)cc21. The van der Waals surface area contributed by atoms with Gasteiger partial charge in [0.1, 0.15) is 0 Å². The second-order valence-electron chi connectivity index (χ2n) is 8.04. The molecule has 34 heavy (non-hydrogen) atoms. The van der Waals surface area contributed by atoms with Crippen molar-refractivity contribution in [1.29, 1.82) is 0 Å². The molecule has 0 radical (unpaired) electrons. The van der Waals surface area contributed by atoms with Crippen LogP contribution in [0.15, 0.2) is 48.7 Å². The first-order valence-corrected chi connectivity index (χ1v) is 10.8. The number of aromatic nitrogens is 2. The number of carboxylic acids is 1. The molecule has 0 fully saturated rings. The highest BCUT2D eigenvalue weighted by molar-refractivity contribution is 5.97. The van der Waals surface area contributed by atoms with Crippen LogP contribution in [0.1, 0.15) is 45.7 Å². The minimum atomic E-state index is -5.08. The van der Waals surface area contributed by atoms with E-state index in [1.807, 2.05) is 18.3 Å². The van der Waals surface area contributed by atoms with Gasteiger partial charge in [-0.15, -0.1) is 0 Å². The van der Waals surface area contributed by atoms with Crippen molar-refractivity contribution in [2.75, 3.05) is 6.54 Å². The maximum absolute atomic E-state index is 12.0. The minimum Gasteiger partial charge on any atom is -0.475 e.